The first-order chi connectivity index (χ1) is 14.6. The summed E-state index contributed by atoms with van der Waals surface area (Å²) in [5, 5.41) is 8.14. The van der Waals surface area contributed by atoms with E-state index in [1.165, 1.54) is 0 Å². The van der Waals surface area contributed by atoms with Gasteiger partial charge in [-0.3, -0.25) is 14.9 Å². The molecule has 10 heteroatoms. The number of hydrogen-bond donors (Lipinski definition) is 4. The fraction of sp³-hybridized carbons (Fsp3) is 0.200. The molecule has 0 spiro atoms. The zero-order chi connectivity index (χ0) is 20.9. The van der Waals surface area contributed by atoms with Crippen molar-refractivity contribution in [2.24, 2.45) is 15.7 Å². The first-order valence-corrected chi connectivity index (χ1v) is 9.31. The van der Waals surface area contributed by atoms with Gasteiger partial charge >= 0.3 is 0 Å². The Morgan fingerprint density at radius 3 is 2.67 bits per heavy atom. The number of aliphatic imine (C=N–C) groups is 2. The Morgan fingerprint density at radius 2 is 1.87 bits per heavy atom. The van der Waals surface area contributed by atoms with Gasteiger partial charge in [0.05, 0.1) is 6.42 Å². The zero-order valence-corrected chi connectivity index (χ0v) is 15.9. The van der Waals surface area contributed by atoms with Crippen molar-refractivity contribution < 1.29 is 19.1 Å². The summed E-state index contributed by atoms with van der Waals surface area (Å²) in [6.45, 7) is 0.941. The van der Waals surface area contributed by atoms with E-state index in [9.17, 15) is 9.59 Å². The molecule has 1 atom stereocenters. The molecule has 2 aliphatic rings. The monoisotopic (exact) mass is 408 g/mol. The number of hydrogen-bond acceptors (Lipinski definition) is 6. The maximum atomic E-state index is 12.3. The number of carbonyl (C=O) groups is 2. The Kier molecular flexibility index (Phi) is 5.46. The van der Waals surface area contributed by atoms with Crippen LogP contribution in [0.5, 0.6) is 11.5 Å². The van der Waals surface area contributed by atoms with Gasteiger partial charge in [-0.25, -0.2) is 4.99 Å². The number of para-hydroxylation sites is 1. The van der Waals surface area contributed by atoms with E-state index in [0.717, 1.165) is 5.69 Å². The third kappa shape index (κ3) is 4.66. The average molecular weight is 408 g/mol. The van der Waals surface area contributed by atoms with Crippen molar-refractivity contribution in [1.82, 2.24) is 5.32 Å². The van der Waals surface area contributed by atoms with Gasteiger partial charge in [0.2, 0.25) is 17.8 Å². The summed E-state index contributed by atoms with van der Waals surface area (Å²) in [4.78, 5) is 32.7. The molecule has 0 fully saturated rings. The molecule has 10 nitrogen and oxygen atoms in total. The van der Waals surface area contributed by atoms with Crippen molar-refractivity contribution in [2.45, 2.75) is 12.5 Å². The van der Waals surface area contributed by atoms with Crippen LogP contribution in [0.2, 0.25) is 0 Å². The molecule has 2 heterocycles. The van der Waals surface area contributed by atoms with Crippen LogP contribution < -0.4 is 31.2 Å². The first kappa shape index (κ1) is 19.2. The number of guanidine groups is 2. The SMILES string of the molecule is NC(=NC1=N[C@H](CC(=O)Nc2ccc3c(c2)OCCO3)C(=O)N1)Nc1ccccc1. The van der Waals surface area contributed by atoms with Gasteiger partial charge in [-0.15, -0.1) is 0 Å². The zero-order valence-electron chi connectivity index (χ0n) is 15.9. The topological polar surface area (TPSA) is 139 Å². The summed E-state index contributed by atoms with van der Waals surface area (Å²) in [7, 11) is 0. The van der Waals surface area contributed by atoms with E-state index < -0.39 is 11.9 Å². The van der Waals surface area contributed by atoms with Crippen LogP contribution in [-0.4, -0.2) is 43.0 Å². The molecule has 2 aliphatic heterocycles. The number of ether oxygens (including phenoxy) is 2. The Balaban J connectivity index is 1.36. The maximum Gasteiger partial charge on any atom is 0.252 e. The van der Waals surface area contributed by atoms with Crippen molar-refractivity contribution in [3.05, 3.63) is 48.5 Å². The standard InChI is InChI=1S/C20H20N6O4/c21-19(23-12-4-2-1-3-5-12)26-20-24-14(18(28)25-20)11-17(27)22-13-6-7-15-16(10-13)30-9-8-29-15/h1-7,10,14H,8-9,11H2,(H,22,27)(H4,21,23,24,25,26,28)/t14-/m1/s1. The molecule has 154 valence electrons. The molecule has 0 aliphatic carbocycles. The highest BCUT2D eigenvalue weighted by Gasteiger charge is 2.29. The predicted octanol–water partition coefficient (Wildman–Crippen LogP) is 1.07. The van der Waals surface area contributed by atoms with Crippen LogP contribution in [0.15, 0.2) is 58.5 Å². The van der Waals surface area contributed by atoms with Gasteiger partial charge in [0, 0.05) is 17.4 Å². The van der Waals surface area contributed by atoms with E-state index in [4.69, 9.17) is 15.2 Å². The fourth-order valence-corrected chi connectivity index (χ4v) is 2.95. The minimum Gasteiger partial charge on any atom is -0.486 e. The third-order valence-corrected chi connectivity index (χ3v) is 4.29. The molecule has 0 bridgehead atoms. The summed E-state index contributed by atoms with van der Waals surface area (Å²) in [5.74, 6) is 0.534. The van der Waals surface area contributed by atoms with Crippen molar-refractivity contribution in [3.63, 3.8) is 0 Å². The van der Waals surface area contributed by atoms with E-state index in [-0.39, 0.29) is 24.2 Å². The number of nitrogens with one attached hydrogen (secondary N) is 3. The number of carbonyl (C=O) groups excluding carboxylic acids is 2. The number of amides is 2. The highest BCUT2D eigenvalue weighted by atomic mass is 16.6. The van der Waals surface area contributed by atoms with Crippen molar-refractivity contribution in [2.75, 3.05) is 23.8 Å². The van der Waals surface area contributed by atoms with Crippen LogP contribution in [-0.2, 0) is 9.59 Å². The Hall–Kier alpha value is -4.08. The number of anilines is 2. The minimum absolute atomic E-state index is 0.0538. The molecular weight excluding hydrogens is 388 g/mol. The molecule has 0 saturated heterocycles. The molecule has 2 aromatic carbocycles. The quantitative estimate of drug-likeness (QED) is 0.441. The van der Waals surface area contributed by atoms with E-state index in [0.29, 0.717) is 30.4 Å². The highest BCUT2D eigenvalue weighted by Crippen LogP contribution is 2.32. The molecule has 4 rings (SSSR count). The molecule has 0 saturated carbocycles. The van der Waals surface area contributed by atoms with Crippen molar-refractivity contribution in [1.29, 1.82) is 0 Å². The lowest BCUT2D eigenvalue weighted by atomic mass is 10.2. The van der Waals surface area contributed by atoms with Crippen LogP contribution in [0.25, 0.3) is 0 Å². The number of nitrogens with two attached hydrogens (primary N) is 1. The van der Waals surface area contributed by atoms with E-state index in [1.54, 1.807) is 18.2 Å². The summed E-state index contributed by atoms with van der Waals surface area (Å²) in [5.41, 5.74) is 7.13. The molecule has 0 unspecified atom stereocenters. The lowest BCUT2D eigenvalue weighted by Gasteiger charge is -2.19. The second-order valence-electron chi connectivity index (χ2n) is 6.56. The molecule has 0 radical (unpaired) electrons. The van der Waals surface area contributed by atoms with Gasteiger partial charge in [-0.1, -0.05) is 18.2 Å². The van der Waals surface area contributed by atoms with E-state index in [2.05, 4.69) is 25.9 Å². The van der Waals surface area contributed by atoms with Crippen LogP contribution in [0.3, 0.4) is 0 Å². The summed E-state index contributed by atoms with van der Waals surface area (Å²) >= 11 is 0. The number of benzene rings is 2. The van der Waals surface area contributed by atoms with Gasteiger partial charge in [0.15, 0.2) is 11.5 Å². The van der Waals surface area contributed by atoms with Gasteiger partial charge in [0.25, 0.3) is 5.91 Å². The number of rotatable bonds is 4. The minimum atomic E-state index is -0.884. The lowest BCUT2D eigenvalue weighted by Crippen LogP contribution is -2.32. The lowest BCUT2D eigenvalue weighted by molar-refractivity contribution is -0.123. The van der Waals surface area contributed by atoms with Crippen LogP contribution >= 0.6 is 0 Å². The maximum absolute atomic E-state index is 12.3. The van der Waals surface area contributed by atoms with Crippen LogP contribution in [0.4, 0.5) is 11.4 Å². The Morgan fingerprint density at radius 1 is 1.10 bits per heavy atom. The summed E-state index contributed by atoms with van der Waals surface area (Å²) in [6, 6.07) is 13.4. The van der Waals surface area contributed by atoms with Gasteiger partial charge in [-0.05, 0) is 24.3 Å². The smallest absolute Gasteiger partial charge is 0.252 e. The van der Waals surface area contributed by atoms with Crippen LogP contribution in [0, 0.1) is 0 Å². The normalized spacial score (nSPS) is 17.7. The van der Waals surface area contributed by atoms with Gasteiger partial charge in [0.1, 0.15) is 19.3 Å². The fourth-order valence-electron chi connectivity index (χ4n) is 2.95. The van der Waals surface area contributed by atoms with Crippen molar-refractivity contribution in [3.8, 4) is 11.5 Å². The molecule has 2 amide bonds. The van der Waals surface area contributed by atoms with E-state index in [1.807, 2.05) is 30.3 Å². The van der Waals surface area contributed by atoms with Gasteiger partial charge < -0.3 is 25.8 Å². The van der Waals surface area contributed by atoms with Crippen molar-refractivity contribution >= 4 is 35.1 Å². The second kappa shape index (κ2) is 8.52. The number of nitrogens with zero attached hydrogens (tertiary/aromatic N) is 2. The summed E-state index contributed by atoms with van der Waals surface area (Å²) in [6.07, 6.45) is -0.134. The summed E-state index contributed by atoms with van der Waals surface area (Å²) < 4.78 is 10.9. The Bertz CT molecular complexity index is 1020. The van der Waals surface area contributed by atoms with Gasteiger partial charge in [-0.2, -0.15) is 4.99 Å². The van der Waals surface area contributed by atoms with Crippen LogP contribution in [0.1, 0.15) is 6.42 Å². The Labute approximate surface area is 172 Å². The molecule has 2 aromatic rings. The molecule has 0 aromatic heterocycles. The highest BCUT2D eigenvalue weighted by molar-refractivity contribution is 6.11. The number of fused-ring (bicyclic) bond motifs is 1. The molecule has 5 N–H and O–H groups in total. The predicted molar refractivity (Wildman–Crippen MR) is 112 cm³/mol. The second-order valence-corrected chi connectivity index (χ2v) is 6.56. The largest absolute Gasteiger partial charge is 0.486 e. The first-order valence-electron chi connectivity index (χ1n) is 9.31. The van der Waals surface area contributed by atoms with E-state index >= 15 is 0 Å². The third-order valence-electron chi connectivity index (χ3n) is 4.29. The molecular formula is C20H20N6O4. The molecule has 30 heavy (non-hydrogen) atoms. The average Bonchev–Trinajstić information content (AvgIpc) is 3.06.